The monoisotopic (exact) mass is 228 g/mol. The predicted octanol–water partition coefficient (Wildman–Crippen LogP) is 2.78. The number of azo groups is 1. The van der Waals surface area contributed by atoms with Crippen LogP contribution in [0.25, 0.3) is 6.08 Å². The molecule has 2 aliphatic heterocycles. The fourth-order valence-corrected chi connectivity index (χ4v) is 3.42. The van der Waals surface area contributed by atoms with Crippen LogP contribution in [-0.4, -0.2) is 12.9 Å². The lowest BCUT2D eigenvalue weighted by molar-refractivity contribution is 1.01. The van der Waals surface area contributed by atoms with Gasteiger partial charge in [-0.1, -0.05) is 6.08 Å². The molecule has 0 saturated heterocycles. The Labute approximate surface area is 96.3 Å². The van der Waals surface area contributed by atoms with E-state index in [9.17, 15) is 0 Å². The molecule has 0 spiro atoms. The van der Waals surface area contributed by atoms with Crippen LogP contribution >= 0.6 is 11.3 Å². The number of aliphatic imine (C=N–C) groups is 1. The van der Waals surface area contributed by atoms with Crippen LogP contribution in [0.3, 0.4) is 0 Å². The summed E-state index contributed by atoms with van der Waals surface area (Å²) >= 11 is 1.80. The van der Waals surface area contributed by atoms with Gasteiger partial charge >= 0.3 is 0 Å². The fraction of sp³-hybridized carbons (Fsp3) is 0.182. The van der Waals surface area contributed by atoms with Crippen molar-refractivity contribution in [1.82, 2.24) is 0 Å². The SMILES string of the molecule is C1=Cc2sc3c(c2C1)C=NC=C1N=NCN13. The normalized spacial score (nSPS) is 19.5. The molecule has 5 heteroatoms. The molecule has 0 N–H and O–H groups in total. The Kier molecular flexibility index (Phi) is 1.52. The molecule has 0 saturated carbocycles. The third kappa shape index (κ3) is 0.957. The van der Waals surface area contributed by atoms with Gasteiger partial charge in [0.05, 0.1) is 6.20 Å². The zero-order chi connectivity index (χ0) is 10.5. The van der Waals surface area contributed by atoms with E-state index in [1.165, 1.54) is 21.0 Å². The number of rotatable bonds is 0. The molecule has 1 aromatic heterocycles. The highest BCUT2D eigenvalue weighted by molar-refractivity contribution is 7.17. The summed E-state index contributed by atoms with van der Waals surface area (Å²) < 4.78 is 0. The van der Waals surface area contributed by atoms with Crippen LogP contribution in [0.15, 0.2) is 33.3 Å². The van der Waals surface area contributed by atoms with E-state index in [0.717, 1.165) is 12.2 Å². The molecule has 0 aromatic carbocycles. The van der Waals surface area contributed by atoms with E-state index < -0.39 is 0 Å². The maximum atomic E-state index is 4.30. The van der Waals surface area contributed by atoms with Crippen LogP contribution in [0.4, 0.5) is 5.00 Å². The van der Waals surface area contributed by atoms with E-state index in [0.29, 0.717) is 6.67 Å². The van der Waals surface area contributed by atoms with Crippen molar-refractivity contribution in [3.05, 3.63) is 34.1 Å². The molecule has 0 bridgehead atoms. The summed E-state index contributed by atoms with van der Waals surface area (Å²) in [6, 6.07) is 0. The standard InChI is InChI=1S/C11H8N4S/c1-2-7-8-4-12-5-10-14-13-6-15(10)11(8)16-9(7)3-1/h1,3-5H,2,6H2. The van der Waals surface area contributed by atoms with Gasteiger partial charge in [-0.3, -0.25) is 9.89 Å². The Bertz CT molecular complexity index is 591. The number of fused-ring (bicyclic) bond motifs is 5. The number of nitrogens with zero attached hydrogens (tertiary/aromatic N) is 4. The molecule has 0 fully saturated rings. The lowest BCUT2D eigenvalue weighted by Crippen LogP contribution is -2.16. The molecule has 0 amide bonds. The molecular formula is C11H8N4S. The zero-order valence-electron chi connectivity index (χ0n) is 8.42. The Morgan fingerprint density at radius 2 is 2.38 bits per heavy atom. The minimum Gasteiger partial charge on any atom is -0.292 e. The summed E-state index contributed by atoms with van der Waals surface area (Å²) in [4.78, 5) is 7.78. The molecule has 3 heterocycles. The highest BCUT2D eigenvalue weighted by Gasteiger charge is 2.27. The number of hydrogen-bond donors (Lipinski definition) is 0. The Balaban J connectivity index is 1.96. The lowest BCUT2D eigenvalue weighted by atomic mass is 10.1. The quantitative estimate of drug-likeness (QED) is 0.673. The van der Waals surface area contributed by atoms with E-state index in [1.807, 2.05) is 6.21 Å². The van der Waals surface area contributed by atoms with Gasteiger partial charge in [-0.25, -0.2) is 0 Å². The van der Waals surface area contributed by atoms with Crippen molar-refractivity contribution in [3.8, 4) is 0 Å². The Morgan fingerprint density at radius 3 is 3.38 bits per heavy atom. The van der Waals surface area contributed by atoms with Crippen LogP contribution in [0.5, 0.6) is 0 Å². The second kappa shape index (κ2) is 2.89. The topological polar surface area (TPSA) is 40.3 Å². The molecule has 0 unspecified atom stereocenters. The molecule has 4 nitrogen and oxygen atoms in total. The van der Waals surface area contributed by atoms with Crippen LogP contribution in [-0.2, 0) is 6.42 Å². The van der Waals surface area contributed by atoms with Gasteiger partial charge in [0.1, 0.15) is 11.7 Å². The summed E-state index contributed by atoms with van der Waals surface area (Å²) in [6.45, 7) is 0.616. The highest BCUT2D eigenvalue weighted by atomic mass is 32.1. The van der Waals surface area contributed by atoms with E-state index in [-0.39, 0.29) is 0 Å². The fourth-order valence-electron chi connectivity index (χ4n) is 2.18. The minimum atomic E-state index is 0.616. The predicted molar refractivity (Wildman–Crippen MR) is 64.9 cm³/mol. The van der Waals surface area contributed by atoms with Gasteiger partial charge in [0.15, 0.2) is 5.82 Å². The second-order valence-corrected chi connectivity index (χ2v) is 4.88. The van der Waals surface area contributed by atoms with E-state index >= 15 is 0 Å². The van der Waals surface area contributed by atoms with Crippen molar-refractivity contribution in [1.29, 1.82) is 0 Å². The van der Waals surface area contributed by atoms with Gasteiger partial charge in [0.25, 0.3) is 0 Å². The highest BCUT2D eigenvalue weighted by Crippen LogP contribution is 2.42. The number of allylic oxidation sites excluding steroid dienone is 1. The maximum Gasteiger partial charge on any atom is 0.176 e. The third-order valence-corrected chi connectivity index (χ3v) is 4.18. The third-order valence-electron chi connectivity index (χ3n) is 2.94. The summed E-state index contributed by atoms with van der Waals surface area (Å²) in [6.07, 6.45) is 9.13. The lowest BCUT2D eigenvalue weighted by Gasteiger charge is -2.13. The molecule has 16 heavy (non-hydrogen) atoms. The summed E-state index contributed by atoms with van der Waals surface area (Å²) in [5, 5.41) is 9.36. The van der Waals surface area contributed by atoms with Crippen molar-refractivity contribution in [2.24, 2.45) is 15.2 Å². The van der Waals surface area contributed by atoms with Crippen molar-refractivity contribution in [3.63, 3.8) is 0 Å². The minimum absolute atomic E-state index is 0.616. The molecule has 0 radical (unpaired) electrons. The summed E-state index contributed by atoms with van der Waals surface area (Å²) in [7, 11) is 0. The smallest absolute Gasteiger partial charge is 0.176 e. The van der Waals surface area contributed by atoms with Crippen molar-refractivity contribution < 1.29 is 0 Å². The zero-order valence-corrected chi connectivity index (χ0v) is 9.24. The molecule has 3 aliphatic rings. The van der Waals surface area contributed by atoms with E-state index in [1.54, 1.807) is 17.5 Å². The van der Waals surface area contributed by atoms with E-state index in [4.69, 9.17) is 0 Å². The molecule has 1 aliphatic carbocycles. The van der Waals surface area contributed by atoms with Gasteiger partial charge < -0.3 is 0 Å². The van der Waals surface area contributed by atoms with Crippen molar-refractivity contribution >= 4 is 28.6 Å². The number of hydrogen-bond acceptors (Lipinski definition) is 5. The average Bonchev–Trinajstić information content (AvgIpc) is 2.93. The Hall–Kier alpha value is -1.75. The van der Waals surface area contributed by atoms with Gasteiger partial charge in [-0.15, -0.1) is 16.5 Å². The van der Waals surface area contributed by atoms with Crippen LogP contribution in [0, 0.1) is 0 Å². The molecular weight excluding hydrogens is 220 g/mol. The first-order valence-corrected chi connectivity index (χ1v) is 5.96. The average molecular weight is 228 g/mol. The van der Waals surface area contributed by atoms with Gasteiger partial charge in [0, 0.05) is 16.7 Å². The first kappa shape index (κ1) is 8.41. The number of thiophene rings is 1. The first-order chi connectivity index (χ1) is 7.93. The van der Waals surface area contributed by atoms with Crippen LogP contribution < -0.4 is 4.90 Å². The molecule has 0 atom stereocenters. The van der Waals surface area contributed by atoms with Gasteiger partial charge in [-0.05, 0) is 18.1 Å². The van der Waals surface area contributed by atoms with Gasteiger partial charge in [-0.2, -0.15) is 5.11 Å². The largest absolute Gasteiger partial charge is 0.292 e. The van der Waals surface area contributed by atoms with Crippen molar-refractivity contribution in [2.75, 3.05) is 11.6 Å². The molecule has 78 valence electrons. The van der Waals surface area contributed by atoms with Crippen molar-refractivity contribution in [2.45, 2.75) is 6.42 Å². The Morgan fingerprint density at radius 1 is 1.38 bits per heavy atom. The molecule has 1 aromatic rings. The first-order valence-electron chi connectivity index (χ1n) is 5.14. The number of anilines is 1. The second-order valence-electron chi connectivity index (χ2n) is 3.85. The maximum absolute atomic E-state index is 4.30. The van der Waals surface area contributed by atoms with Gasteiger partial charge in [0.2, 0.25) is 0 Å². The van der Waals surface area contributed by atoms with E-state index in [2.05, 4.69) is 32.3 Å². The summed E-state index contributed by atoms with van der Waals surface area (Å²) in [5.41, 5.74) is 2.63. The van der Waals surface area contributed by atoms with Crippen LogP contribution in [0.1, 0.15) is 16.0 Å². The molecule has 4 rings (SSSR count). The summed E-state index contributed by atoms with van der Waals surface area (Å²) in [5.74, 6) is 0.846. The van der Waals surface area contributed by atoms with Crippen LogP contribution in [0.2, 0.25) is 0 Å².